The minimum atomic E-state index is -4.45. The van der Waals surface area contributed by atoms with E-state index in [9.17, 15) is 13.2 Å². The molecule has 21 heavy (non-hydrogen) atoms. The second-order valence-electron chi connectivity index (χ2n) is 4.74. The highest BCUT2D eigenvalue weighted by molar-refractivity contribution is 5.39. The van der Waals surface area contributed by atoms with Crippen LogP contribution >= 0.6 is 0 Å². The van der Waals surface area contributed by atoms with Crippen LogP contribution in [0, 0.1) is 0 Å². The first-order valence-electron chi connectivity index (χ1n) is 6.51. The van der Waals surface area contributed by atoms with Gasteiger partial charge < -0.3 is 14.8 Å². The number of rotatable bonds is 8. The van der Waals surface area contributed by atoms with E-state index >= 15 is 0 Å². The summed E-state index contributed by atoms with van der Waals surface area (Å²) in [5.74, 6) is -0.175. The topological polar surface area (TPSA) is 30.5 Å². The fourth-order valence-electron chi connectivity index (χ4n) is 1.64. The molecule has 0 fully saturated rings. The van der Waals surface area contributed by atoms with E-state index in [1.54, 1.807) is 20.1 Å². The molecule has 0 aliphatic heterocycles. The zero-order valence-electron chi connectivity index (χ0n) is 12.2. The van der Waals surface area contributed by atoms with Gasteiger partial charge in [0, 0.05) is 20.2 Å². The maximum Gasteiger partial charge on any atom is 0.419 e. The number of nitrogens with one attached hydrogen (secondary N) is 1. The molecule has 0 unspecified atom stereocenters. The summed E-state index contributed by atoms with van der Waals surface area (Å²) >= 11 is 0. The molecule has 1 rings (SSSR count). The Morgan fingerprint density at radius 3 is 2.62 bits per heavy atom. The SMILES string of the molecule is C=C(C)COc1ccc(CNCCOC)cc1C(F)(F)F. The highest BCUT2D eigenvalue weighted by Crippen LogP contribution is 2.37. The Labute approximate surface area is 122 Å². The predicted molar refractivity (Wildman–Crippen MR) is 75.3 cm³/mol. The average Bonchev–Trinajstić information content (AvgIpc) is 2.41. The lowest BCUT2D eigenvalue weighted by Crippen LogP contribution is -2.19. The first-order chi connectivity index (χ1) is 9.84. The lowest BCUT2D eigenvalue weighted by molar-refractivity contribution is -0.138. The maximum absolute atomic E-state index is 13.1. The van der Waals surface area contributed by atoms with Gasteiger partial charge in [-0.1, -0.05) is 12.6 Å². The predicted octanol–water partition coefficient (Wildman–Crippen LogP) is 3.40. The number of hydrogen-bond donors (Lipinski definition) is 1. The van der Waals surface area contributed by atoms with Gasteiger partial charge >= 0.3 is 6.18 Å². The van der Waals surface area contributed by atoms with Crippen LogP contribution in [0.4, 0.5) is 13.2 Å². The Hall–Kier alpha value is -1.53. The monoisotopic (exact) mass is 303 g/mol. The van der Waals surface area contributed by atoms with Crippen molar-refractivity contribution in [3.63, 3.8) is 0 Å². The van der Waals surface area contributed by atoms with E-state index in [2.05, 4.69) is 11.9 Å². The standard InChI is InChI=1S/C15H20F3NO2/c1-11(2)10-21-14-5-4-12(9-19-6-7-20-3)8-13(14)15(16,17)18/h4-5,8,19H,1,6-7,9-10H2,2-3H3. The molecule has 0 aromatic heterocycles. The first kappa shape index (κ1) is 17.5. The Balaban J connectivity index is 2.83. The van der Waals surface area contributed by atoms with E-state index in [-0.39, 0.29) is 12.4 Å². The second-order valence-corrected chi connectivity index (χ2v) is 4.74. The van der Waals surface area contributed by atoms with Crippen molar-refractivity contribution in [1.82, 2.24) is 5.32 Å². The van der Waals surface area contributed by atoms with Crippen LogP contribution in [0.15, 0.2) is 30.4 Å². The van der Waals surface area contributed by atoms with Crippen LogP contribution in [-0.2, 0) is 17.5 Å². The molecule has 0 aliphatic carbocycles. The minimum absolute atomic E-state index is 0.0640. The number of halogens is 3. The summed E-state index contributed by atoms with van der Waals surface area (Å²) in [5, 5.41) is 3.00. The van der Waals surface area contributed by atoms with Crippen molar-refractivity contribution in [2.24, 2.45) is 0 Å². The molecule has 1 aromatic rings. The van der Waals surface area contributed by atoms with Gasteiger partial charge in [0.05, 0.1) is 12.2 Å². The number of benzene rings is 1. The molecule has 0 atom stereocenters. The molecule has 0 saturated carbocycles. The van der Waals surface area contributed by atoms with Crippen molar-refractivity contribution in [3.8, 4) is 5.75 Å². The Bertz CT molecular complexity index is 472. The highest BCUT2D eigenvalue weighted by atomic mass is 19.4. The van der Waals surface area contributed by atoms with Crippen LogP contribution in [-0.4, -0.2) is 26.9 Å². The molecule has 0 saturated heterocycles. The van der Waals surface area contributed by atoms with Crippen molar-refractivity contribution < 1.29 is 22.6 Å². The Morgan fingerprint density at radius 1 is 1.33 bits per heavy atom. The summed E-state index contributed by atoms with van der Waals surface area (Å²) in [4.78, 5) is 0. The molecule has 0 amide bonds. The van der Waals surface area contributed by atoms with Gasteiger partial charge in [-0.15, -0.1) is 0 Å². The second kappa shape index (κ2) is 8.05. The van der Waals surface area contributed by atoms with Crippen LogP contribution in [0.5, 0.6) is 5.75 Å². The molecule has 118 valence electrons. The molecule has 0 radical (unpaired) electrons. The average molecular weight is 303 g/mol. The van der Waals surface area contributed by atoms with Gasteiger partial charge in [0.1, 0.15) is 12.4 Å². The lowest BCUT2D eigenvalue weighted by Gasteiger charge is -2.15. The van der Waals surface area contributed by atoms with E-state index in [1.807, 2.05) is 0 Å². The van der Waals surface area contributed by atoms with Crippen LogP contribution in [0.2, 0.25) is 0 Å². The van der Waals surface area contributed by atoms with Crippen LogP contribution in [0.3, 0.4) is 0 Å². The molecule has 1 aromatic carbocycles. The van der Waals surface area contributed by atoms with Crippen molar-refractivity contribution in [2.75, 3.05) is 26.9 Å². The van der Waals surface area contributed by atoms with E-state index in [4.69, 9.17) is 9.47 Å². The van der Waals surface area contributed by atoms with E-state index in [0.29, 0.717) is 30.8 Å². The van der Waals surface area contributed by atoms with Gasteiger partial charge in [-0.2, -0.15) is 13.2 Å². The molecule has 1 N–H and O–H groups in total. The van der Waals surface area contributed by atoms with Gasteiger partial charge in [0.2, 0.25) is 0 Å². The van der Waals surface area contributed by atoms with Crippen LogP contribution < -0.4 is 10.1 Å². The molecule has 3 nitrogen and oxygen atoms in total. The summed E-state index contributed by atoms with van der Waals surface area (Å²) in [7, 11) is 1.57. The first-order valence-corrected chi connectivity index (χ1v) is 6.51. The number of ether oxygens (including phenoxy) is 2. The minimum Gasteiger partial charge on any atom is -0.489 e. The van der Waals surface area contributed by atoms with Gasteiger partial charge in [-0.25, -0.2) is 0 Å². The van der Waals surface area contributed by atoms with Crippen LogP contribution in [0.1, 0.15) is 18.1 Å². The summed E-state index contributed by atoms with van der Waals surface area (Å²) in [6.07, 6.45) is -4.45. The van der Waals surface area contributed by atoms with E-state index in [1.165, 1.54) is 6.07 Å². The maximum atomic E-state index is 13.1. The molecule has 0 heterocycles. The summed E-state index contributed by atoms with van der Waals surface area (Å²) in [5.41, 5.74) is 0.435. The molecule has 0 aliphatic rings. The normalized spacial score (nSPS) is 11.5. The third kappa shape index (κ3) is 6.18. The van der Waals surface area contributed by atoms with Gasteiger partial charge in [0.15, 0.2) is 0 Å². The smallest absolute Gasteiger partial charge is 0.419 e. The molecular weight excluding hydrogens is 283 g/mol. The third-order valence-corrected chi connectivity index (χ3v) is 2.64. The number of alkyl halides is 3. The summed E-state index contributed by atoms with van der Waals surface area (Å²) in [6.45, 7) is 6.79. The summed E-state index contributed by atoms with van der Waals surface area (Å²) in [6, 6.07) is 4.06. The van der Waals surface area contributed by atoms with Crippen molar-refractivity contribution in [2.45, 2.75) is 19.6 Å². The van der Waals surface area contributed by atoms with Crippen molar-refractivity contribution >= 4 is 0 Å². The largest absolute Gasteiger partial charge is 0.489 e. The summed E-state index contributed by atoms with van der Waals surface area (Å²) < 4.78 is 49.2. The lowest BCUT2D eigenvalue weighted by atomic mass is 10.1. The van der Waals surface area contributed by atoms with Crippen molar-refractivity contribution in [3.05, 3.63) is 41.5 Å². The fraction of sp³-hybridized carbons (Fsp3) is 0.467. The molecule has 0 spiro atoms. The third-order valence-electron chi connectivity index (χ3n) is 2.64. The Kier molecular flexibility index (Phi) is 6.71. The van der Waals surface area contributed by atoms with Gasteiger partial charge in [0.25, 0.3) is 0 Å². The highest BCUT2D eigenvalue weighted by Gasteiger charge is 2.34. The zero-order valence-corrected chi connectivity index (χ0v) is 12.2. The zero-order chi connectivity index (χ0) is 15.9. The van der Waals surface area contributed by atoms with Crippen molar-refractivity contribution in [1.29, 1.82) is 0 Å². The van der Waals surface area contributed by atoms with Crippen LogP contribution in [0.25, 0.3) is 0 Å². The van der Waals surface area contributed by atoms with Gasteiger partial charge in [-0.05, 0) is 30.2 Å². The quantitative estimate of drug-likeness (QED) is 0.590. The fourth-order valence-corrected chi connectivity index (χ4v) is 1.64. The number of methoxy groups -OCH3 is 1. The molecular formula is C15H20F3NO2. The van der Waals surface area contributed by atoms with E-state index < -0.39 is 11.7 Å². The molecule has 0 bridgehead atoms. The molecule has 6 heteroatoms. The van der Waals surface area contributed by atoms with E-state index in [0.717, 1.165) is 6.07 Å². The van der Waals surface area contributed by atoms with Gasteiger partial charge in [-0.3, -0.25) is 0 Å². The number of hydrogen-bond acceptors (Lipinski definition) is 3. The Morgan fingerprint density at radius 2 is 2.05 bits per heavy atom.